The molecule has 0 saturated carbocycles. The summed E-state index contributed by atoms with van der Waals surface area (Å²) < 4.78 is 0.912. The summed E-state index contributed by atoms with van der Waals surface area (Å²) in [6, 6.07) is 0. The molecule has 0 unspecified atom stereocenters. The Morgan fingerprint density at radius 3 is 1.23 bits per heavy atom. The fourth-order valence-electron chi connectivity index (χ4n) is 0.289. The molecule has 0 aromatic rings. The molecule has 0 atom stereocenters. The van der Waals surface area contributed by atoms with Crippen molar-refractivity contribution in [1.82, 2.24) is 10.6 Å². The minimum atomic E-state index is 0. The van der Waals surface area contributed by atoms with Crippen LogP contribution in [0.25, 0.3) is 0 Å². The third kappa shape index (κ3) is 32.0. The average Bonchev–Trinajstić information content (AvgIpc) is 1.87. The molecular formula is C6H12CdN2S4. The van der Waals surface area contributed by atoms with Crippen LogP contribution in [-0.2, 0) is 52.6 Å². The molecule has 0 aliphatic rings. The van der Waals surface area contributed by atoms with Crippen LogP contribution < -0.4 is 10.6 Å². The monoisotopic (exact) mass is 354 g/mol. The summed E-state index contributed by atoms with van der Waals surface area (Å²) in [4.78, 5) is 0. The van der Waals surface area contributed by atoms with Gasteiger partial charge in [0.1, 0.15) is 0 Å². The smallest absolute Gasteiger partial charge is 0.412 e. The first-order chi connectivity index (χ1) is 5.54. The Labute approximate surface area is 122 Å². The molecule has 7 heteroatoms. The zero-order chi connectivity index (χ0) is 9.98. The van der Waals surface area contributed by atoms with Gasteiger partial charge in [-0.3, -0.25) is 0 Å². The van der Waals surface area contributed by atoms with Gasteiger partial charge in [0.25, 0.3) is 0 Å². The first kappa shape index (κ1) is 19.7. The van der Waals surface area contributed by atoms with Crippen molar-refractivity contribution in [1.29, 1.82) is 0 Å². The largest absolute Gasteiger partial charge is 2.00 e. The Balaban J connectivity index is -0.000000143. The average molecular weight is 353 g/mol. The first-order valence-electron chi connectivity index (χ1n) is 3.44. The first-order valence-corrected chi connectivity index (χ1v) is 5.07. The molecule has 0 saturated heterocycles. The fourth-order valence-corrected chi connectivity index (χ4v) is 0.866. The summed E-state index contributed by atoms with van der Waals surface area (Å²) in [6.07, 6.45) is 0. The summed E-state index contributed by atoms with van der Waals surface area (Å²) in [6.45, 7) is 5.59. The van der Waals surface area contributed by atoms with Crippen molar-refractivity contribution in [3.05, 3.63) is 0 Å². The van der Waals surface area contributed by atoms with Crippen molar-refractivity contribution in [3.63, 3.8) is 0 Å². The second-order valence-electron chi connectivity index (χ2n) is 1.64. The van der Waals surface area contributed by atoms with Gasteiger partial charge in [-0.2, -0.15) is 0 Å². The van der Waals surface area contributed by atoms with Crippen LogP contribution in [0, 0.1) is 0 Å². The van der Waals surface area contributed by atoms with Crippen LogP contribution in [-0.4, -0.2) is 21.7 Å². The quantitative estimate of drug-likeness (QED) is 0.434. The van der Waals surface area contributed by atoms with E-state index in [1.54, 1.807) is 0 Å². The van der Waals surface area contributed by atoms with Crippen molar-refractivity contribution in [3.8, 4) is 0 Å². The molecule has 0 aromatic heterocycles. The Kier molecular flexibility index (Phi) is 23.6. The predicted molar refractivity (Wildman–Crippen MR) is 67.3 cm³/mol. The van der Waals surface area contributed by atoms with E-state index in [0.29, 0.717) is 8.64 Å². The number of hydrogen-bond donors (Lipinski definition) is 2. The van der Waals surface area contributed by atoms with Crippen LogP contribution in [0.4, 0.5) is 0 Å². The molecule has 0 aliphatic carbocycles. The van der Waals surface area contributed by atoms with E-state index < -0.39 is 0 Å². The van der Waals surface area contributed by atoms with Crippen molar-refractivity contribution in [2.45, 2.75) is 13.8 Å². The van der Waals surface area contributed by atoms with Gasteiger partial charge in [0.15, 0.2) is 0 Å². The number of nitrogens with one attached hydrogen (secondary N) is 2. The summed E-state index contributed by atoms with van der Waals surface area (Å²) in [5.74, 6) is 0. The van der Waals surface area contributed by atoms with Crippen LogP contribution in [0.15, 0.2) is 0 Å². The molecule has 2 nitrogen and oxygen atoms in total. The number of hydrogen-bond acceptors (Lipinski definition) is 4. The van der Waals surface area contributed by atoms with Gasteiger partial charge in [0.2, 0.25) is 0 Å². The minimum Gasteiger partial charge on any atom is -0.412 e. The molecule has 0 heterocycles. The molecule has 0 fully saturated rings. The van der Waals surface area contributed by atoms with Gasteiger partial charge in [-0.1, -0.05) is 8.64 Å². The Bertz CT molecular complexity index is 127. The van der Waals surface area contributed by atoms with Crippen molar-refractivity contribution >= 4 is 58.3 Å². The number of thiocarbonyl (C=S) groups is 2. The van der Waals surface area contributed by atoms with Crippen molar-refractivity contribution in [2.24, 2.45) is 0 Å². The maximum absolute atomic E-state index is 4.50. The summed E-state index contributed by atoms with van der Waals surface area (Å²) in [5, 5.41) is 5.51. The summed E-state index contributed by atoms with van der Waals surface area (Å²) in [7, 11) is 0. The molecule has 0 bridgehead atoms. The molecule has 0 radical (unpaired) electrons. The predicted octanol–water partition coefficient (Wildman–Crippen LogP) is 0.853. The van der Waals surface area contributed by atoms with E-state index in [-0.39, 0.29) is 27.3 Å². The molecule has 13 heavy (non-hydrogen) atoms. The molecule has 0 rings (SSSR count). The van der Waals surface area contributed by atoms with Crippen LogP contribution in [0.2, 0.25) is 0 Å². The SMILES string of the molecule is CCNC(=S)[S-].CCNC(=S)[S-].[Cd+2]. The van der Waals surface area contributed by atoms with Gasteiger partial charge in [-0.05, 0) is 13.8 Å². The summed E-state index contributed by atoms with van der Waals surface area (Å²) >= 11 is 18.0. The topological polar surface area (TPSA) is 24.1 Å². The van der Waals surface area contributed by atoms with Gasteiger partial charge in [-0.25, -0.2) is 0 Å². The maximum Gasteiger partial charge on any atom is 2.00 e. The third-order valence-electron chi connectivity index (χ3n) is 0.642. The second kappa shape index (κ2) is 15.6. The third-order valence-corrected chi connectivity index (χ3v) is 1.22. The Hall–Kier alpha value is 1.14. The van der Waals surface area contributed by atoms with Crippen molar-refractivity contribution in [2.75, 3.05) is 13.1 Å². The van der Waals surface area contributed by atoms with Gasteiger partial charge in [0.05, 0.1) is 0 Å². The van der Waals surface area contributed by atoms with E-state index >= 15 is 0 Å². The van der Waals surface area contributed by atoms with E-state index in [1.165, 1.54) is 0 Å². The van der Waals surface area contributed by atoms with E-state index in [2.05, 4.69) is 60.3 Å². The van der Waals surface area contributed by atoms with Crippen LogP contribution in [0.3, 0.4) is 0 Å². The Morgan fingerprint density at radius 1 is 1.00 bits per heavy atom. The summed E-state index contributed by atoms with van der Waals surface area (Å²) in [5.41, 5.74) is 0. The standard InChI is InChI=1S/2C3H7NS2.Cd/c2*1-2-4-3(5)6;/h2*2H2,1H3,(H2,4,5,6);/q;;+2/p-2. The van der Waals surface area contributed by atoms with Gasteiger partial charge < -0.3 is 60.3 Å². The maximum atomic E-state index is 4.50. The molecule has 0 amide bonds. The van der Waals surface area contributed by atoms with E-state index in [0.717, 1.165) is 13.1 Å². The molecule has 0 aliphatic heterocycles. The second-order valence-corrected chi connectivity index (χ2v) is 3.79. The van der Waals surface area contributed by atoms with Gasteiger partial charge >= 0.3 is 27.3 Å². The molecular weight excluding hydrogens is 341 g/mol. The van der Waals surface area contributed by atoms with Crippen LogP contribution >= 0.6 is 24.4 Å². The zero-order valence-electron chi connectivity index (χ0n) is 7.75. The van der Waals surface area contributed by atoms with E-state index in [9.17, 15) is 0 Å². The Morgan fingerprint density at radius 2 is 1.23 bits per heavy atom. The van der Waals surface area contributed by atoms with Crippen LogP contribution in [0.1, 0.15) is 13.8 Å². The molecule has 72 valence electrons. The molecule has 0 aromatic carbocycles. The van der Waals surface area contributed by atoms with Crippen molar-refractivity contribution < 1.29 is 27.3 Å². The molecule has 2 N–H and O–H groups in total. The van der Waals surface area contributed by atoms with Gasteiger partial charge in [0, 0.05) is 13.1 Å². The fraction of sp³-hybridized carbons (Fsp3) is 0.667. The zero-order valence-corrected chi connectivity index (χ0v) is 15.1. The van der Waals surface area contributed by atoms with Gasteiger partial charge in [-0.15, -0.1) is 0 Å². The molecule has 0 spiro atoms. The van der Waals surface area contributed by atoms with Crippen LogP contribution in [0.5, 0.6) is 0 Å². The number of rotatable bonds is 2. The van der Waals surface area contributed by atoms with E-state index in [4.69, 9.17) is 0 Å². The normalized spacial score (nSPS) is 6.92. The van der Waals surface area contributed by atoms with E-state index in [1.807, 2.05) is 13.8 Å². The minimum absolute atomic E-state index is 0.